The van der Waals surface area contributed by atoms with E-state index < -0.39 is 5.82 Å². The monoisotopic (exact) mass is 585 g/mol. The summed E-state index contributed by atoms with van der Waals surface area (Å²) in [6, 6.07) is 17.6. The molecule has 0 aliphatic carbocycles. The van der Waals surface area contributed by atoms with Crippen molar-refractivity contribution >= 4 is 28.8 Å². The number of benzene rings is 3. The summed E-state index contributed by atoms with van der Waals surface area (Å²) in [5, 5.41) is 3.38. The Kier molecular flexibility index (Phi) is 7.73. The third-order valence-corrected chi connectivity index (χ3v) is 7.14. The molecule has 0 spiro atoms. The smallest absolute Gasteiger partial charge is 0.253 e. The molecule has 1 amide bonds. The molecule has 6 rings (SSSR count). The maximum Gasteiger partial charge on any atom is 0.253 e. The molecule has 0 atom stereocenters. The summed E-state index contributed by atoms with van der Waals surface area (Å²) >= 11 is 0. The van der Waals surface area contributed by atoms with E-state index in [9.17, 15) is 13.6 Å². The van der Waals surface area contributed by atoms with Crippen molar-refractivity contribution in [3.8, 4) is 11.5 Å². The van der Waals surface area contributed by atoms with Crippen LogP contribution in [-0.4, -0.2) is 64.3 Å². The maximum absolute atomic E-state index is 13.9. The van der Waals surface area contributed by atoms with Crippen LogP contribution in [-0.2, 0) is 13.1 Å². The van der Waals surface area contributed by atoms with E-state index in [0.717, 1.165) is 11.1 Å². The van der Waals surface area contributed by atoms with Gasteiger partial charge in [-0.1, -0.05) is 18.2 Å². The van der Waals surface area contributed by atoms with Gasteiger partial charge in [-0.25, -0.2) is 13.8 Å². The van der Waals surface area contributed by atoms with E-state index in [2.05, 4.69) is 10.3 Å². The SMILES string of the molecule is CN(CCN(C)c1nc(NCc2ccc3c(c2)OCO3)c2ncn(Cc3cccc(F)c3)c2n1)C(=O)c1ccc(F)cc1. The number of nitrogens with one attached hydrogen (secondary N) is 1. The molecule has 0 bridgehead atoms. The lowest BCUT2D eigenvalue weighted by Crippen LogP contribution is -2.35. The highest BCUT2D eigenvalue weighted by Crippen LogP contribution is 2.33. The Labute approximate surface area is 246 Å². The van der Waals surface area contributed by atoms with Crippen LogP contribution < -0.4 is 19.7 Å². The zero-order valence-corrected chi connectivity index (χ0v) is 23.6. The van der Waals surface area contributed by atoms with E-state index >= 15 is 0 Å². The topological polar surface area (TPSA) is 97.6 Å². The van der Waals surface area contributed by atoms with E-state index in [0.29, 0.717) is 66.2 Å². The number of carbonyl (C=O) groups is 1. The second kappa shape index (κ2) is 11.9. The summed E-state index contributed by atoms with van der Waals surface area (Å²) < 4.78 is 40.0. The van der Waals surface area contributed by atoms with Gasteiger partial charge in [-0.05, 0) is 59.7 Å². The number of anilines is 2. The first kappa shape index (κ1) is 27.9. The zero-order chi connectivity index (χ0) is 29.9. The van der Waals surface area contributed by atoms with Gasteiger partial charge >= 0.3 is 0 Å². The third-order valence-electron chi connectivity index (χ3n) is 7.14. The Bertz CT molecular complexity index is 1780. The summed E-state index contributed by atoms with van der Waals surface area (Å²) in [5.41, 5.74) is 3.28. The molecule has 2 aromatic heterocycles. The van der Waals surface area contributed by atoms with Crippen molar-refractivity contribution in [1.82, 2.24) is 24.4 Å². The molecule has 5 aromatic rings. The summed E-state index contributed by atoms with van der Waals surface area (Å²) in [6.45, 7) is 1.80. The number of fused-ring (bicyclic) bond motifs is 2. The maximum atomic E-state index is 13.9. The van der Waals surface area contributed by atoms with Gasteiger partial charge in [-0.3, -0.25) is 4.79 Å². The van der Waals surface area contributed by atoms with Gasteiger partial charge in [-0.15, -0.1) is 0 Å². The lowest BCUT2D eigenvalue weighted by molar-refractivity contribution is 0.0798. The third kappa shape index (κ3) is 6.17. The Morgan fingerprint density at radius 3 is 2.56 bits per heavy atom. The predicted octanol–water partition coefficient (Wildman–Crippen LogP) is 4.70. The first-order chi connectivity index (χ1) is 20.8. The Morgan fingerprint density at radius 1 is 0.930 bits per heavy atom. The van der Waals surface area contributed by atoms with Crippen molar-refractivity contribution in [1.29, 1.82) is 0 Å². The molecule has 1 aliphatic heterocycles. The van der Waals surface area contributed by atoms with Gasteiger partial charge in [0.1, 0.15) is 11.6 Å². The minimum atomic E-state index is -0.397. The molecule has 1 N–H and O–H groups in total. The number of likely N-dealkylation sites (N-methyl/N-ethyl adjacent to an activating group) is 2. The van der Waals surface area contributed by atoms with Gasteiger partial charge in [0.2, 0.25) is 12.7 Å². The lowest BCUT2D eigenvalue weighted by Gasteiger charge is -2.23. The van der Waals surface area contributed by atoms with Crippen molar-refractivity contribution in [2.24, 2.45) is 0 Å². The number of ether oxygens (including phenoxy) is 2. The normalized spacial score (nSPS) is 12.0. The Morgan fingerprint density at radius 2 is 1.74 bits per heavy atom. The number of nitrogens with zero attached hydrogens (tertiary/aromatic N) is 6. The second-order valence-corrected chi connectivity index (χ2v) is 10.2. The lowest BCUT2D eigenvalue weighted by atomic mass is 10.2. The van der Waals surface area contributed by atoms with Crippen LogP contribution in [0, 0.1) is 11.6 Å². The molecule has 0 radical (unpaired) electrons. The molecule has 0 unspecified atom stereocenters. The highest BCUT2D eigenvalue weighted by molar-refractivity contribution is 5.94. The van der Waals surface area contributed by atoms with Gasteiger partial charge < -0.3 is 29.2 Å². The molecule has 220 valence electrons. The first-order valence-corrected chi connectivity index (χ1v) is 13.7. The number of hydrogen-bond acceptors (Lipinski definition) is 8. The molecule has 3 aromatic carbocycles. The average molecular weight is 586 g/mol. The number of carbonyl (C=O) groups excluding carboxylic acids is 1. The van der Waals surface area contributed by atoms with E-state index in [-0.39, 0.29) is 18.5 Å². The molecule has 1 aliphatic rings. The number of hydrogen-bond donors (Lipinski definition) is 1. The van der Waals surface area contributed by atoms with Crippen LogP contribution in [0.3, 0.4) is 0 Å². The predicted molar refractivity (Wildman–Crippen MR) is 157 cm³/mol. The van der Waals surface area contributed by atoms with E-state index in [1.165, 1.54) is 36.4 Å². The molecule has 10 nitrogen and oxygen atoms in total. The summed E-state index contributed by atoms with van der Waals surface area (Å²) in [4.78, 5) is 30.4. The summed E-state index contributed by atoms with van der Waals surface area (Å²) in [5.74, 6) is 1.40. The summed E-state index contributed by atoms with van der Waals surface area (Å²) in [7, 11) is 3.53. The zero-order valence-electron chi connectivity index (χ0n) is 23.6. The van der Waals surface area contributed by atoms with Crippen molar-refractivity contribution in [3.63, 3.8) is 0 Å². The fourth-order valence-corrected chi connectivity index (χ4v) is 4.73. The fourth-order valence-electron chi connectivity index (χ4n) is 4.73. The van der Waals surface area contributed by atoms with Gasteiger partial charge in [0.05, 0.1) is 12.9 Å². The van der Waals surface area contributed by atoms with Crippen LogP contribution in [0.5, 0.6) is 11.5 Å². The van der Waals surface area contributed by atoms with Gasteiger partial charge in [0.25, 0.3) is 5.91 Å². The van der Waals surface area contributed by atoms with Gasteiger partial charge in [0.15, 0.2) is 28.5 Å². The van der Waals surface area contributed by atoms with Crippen LogP contribution in [0.15, 0.2) is 73.1 Å². The van der Waals surface area contributed by atoms with Crippen LogP contribution >= 0.6 is 0 Å². The minimum Gasteiger partial charge on any atom is -0.454 e. The van der Waals surface area contributed by atoms with Crippen LogP contribution in [0.4, 0.5) is 20.5 Å². The molecular weight excluding hydrogens is 556 g/mol. The number of halogens is 2. The molecule has 0 saturated heterocycles. The first-order valence-electron chi connectivity index (χ1n) is 13.7. The second-order valence-electron chi connectivity index (χ2n) is 10.2. The van der Waals surface area contributed by atoms with E-state index in [1.54, 1.807) is 24.3 Å². The van der Waals surface area contributed by atoms with Crippen LogP contribution in [0.25, 0.3) is 11.2 Å². The van der Waals surface area contributed by atoms with Crippen LogP contribution in [0.2, 0.25) is 0 Å². The number of imidazole rings is 1. The standard InChI is InChI=1S/C31H29F2N7O3/c1-38(30(41)22-7-9-23(32)10-8-22)12-13-39(2)31-36-28(34-16-20-6-11-25-26(15-20)43-19-42-25)27-29(37-31)40(18-35-27)17-21-4-3-5-24(33)14-21/h3-11,14-15,18H,12-13,16-17,19H2,1-2H3,(H,34,36,37). The van der Waals surface area contributed by atoms with E-state index in [1.807, 2.05) is 40.8 Å². The number of rotatable bonds is 10. The molecule has 43 heavy (non-hydrogen) atoms. The molecule has 0 saturated carbocycles. The molecule has 0 fully saturated rings. The van der Waals surface area contributed by atoms with Crippen molar-refractivity contribution < 1.29 is 23.0 Å². The van der Waals surface area contributed by atoms with Crippen molar-refractivity contribution in [3.05, 3.63) is 101 Å². The van der Waals surface area contributed by atoms with E-state index in [4.69, 9.17) is 19.4 Å². The Hall–Kier alpha value is -5.26. The van der Waals surface area contributed by atoms with Crippen LogP contribution in [0.1, 0.15) is 21.5 Å². The number of amides is 1. The largest absolute Gasteiger partial charge is 0.454 e. The summed E-state index contributed by atoms with van der Waals surface area (Å²) in [6.07, 6.45) is 1.66. The highest BCUT2D eigenvalue weighted by Gasteiger charge is 2.19. The number of aromatic nitrogens is 4. The minimum absolute atomic E-state index is 0.196. The fraction of sp³-hybridized carbons (Fsp3) is 0.226. The molecule has 3 heterocycles. The van der Waals surface area contributed by atoms with Crippen molar-refractivity contribution in [2.45, 2.75) is 13.1 Å². The quantitative estimate of drug-likeness (QED) is 0.252. The highest BCUT2D eigenvalue weighted by atomic mass is 19.1. The Balaban J connectivity index is 1.25. The molecular formula is C31H29F2N7O3. The average Bonchev–Trinajstić information content (AvgIpc) is 3.65. The van der Waals surface area contributed by atoms with Gasteiger partial charge in [0, 0.05) is 39.3 Å². The van der Waals surface area contributed by atoms with Crippen molar-refractivity contribution in [2.75, 3.05) is 44.2 Å². The molecule has 12 heteroatoms. The van der Waals surface area contributed by atoms with Gasteiger partial charge in [-0.2, -0.15) is 9.97 Å².